The van der Waals surface area contributed by atoms with Crippen molar-refractivity contribution in [1.82, 2.24) is 10.9 Å². The fraction of sp³-hybridized carbons (Fsp3) is 0.176. The van der Waals surface area contributed by atoms with E-state index in [1.165, 1.54) is 36.0 Å². The van der Waals surface area contributed by atoms with Crippen LogP contribution in [0.4, 0.5) is 34.1 Å². The molecule has 0 aromatic heterocycles. The molecule has 3 heterocycles. The van der Waals surface area contributed by atoms with Gasteiger partial charge in [-0.05, 0) is 47.5 Å². The molecular formula is C34H29N9O6S. The van der Waals surface area contributed by atoms with E-state index in [4.69, 9.17) is 0 Å². The fourth-order valence-electron chi connectivity index (χ4n) is 5.88. The molecule has 0 aliphatic carbocycles. The van der Waals surface area contributed by atoms with Gasteiger partial charge in [0.1, 0.15) is 0 Å². The van der Waals surface area contributed by atoms with E-state index in [-0.39, 0.29) is 48.1 Å². The van der Waals surface area contributed by atoms with Gasteiger partial charge in [0, 0.05) is 69.7 Å². The summed E-state index contributed by atoms with van der Waals surface area (Å²) in [5.41, 5.74) is 12.2. The van der Waals surface area contributed by atoms with Gasteiger partial charge < -0.3 is 26.8 Å². The van der Waals surface area contributed by atoms with Gasteiger partial charge in [0.15, 0.2) is 0 Å². The Labute approximate surface area is 288 Å². The summed E-state index contributed by atoms with van der Waals surface area (Å²) in [5.74, 6) is -0.426. The van der Waals surface area contributed by atoms with E-state index in [2.05, 4.69) is 37.0 Å². The van der Waals surface area contributed by atoms with E-state index >= 15 is 0 Å². The van der Waals surface area contributed by atoms with Crippen molar-refractivity contribution >= 4 is 69.1 Å². The van der Waals surface area contributed by atoms with Crippen LogP contribution in [-0.4, -0.2) is 33.1 Å². The van der Waals surface area contributed by atoms with Crippen molar-refractivity contribution in [2.24, 2.45) is 10.2 Å². The minimum atomic E-state index is -0.444. The lowest BCUT2D eigenvalue weighted by Gasteiger charge is -2.22. The summed E-state index contributed by atoms with van der Waals surface area (Å²) in [6, 6.07) is 23.5. The van der Waals surface area contributed by atoms with Gasteiger partial charge in [0.05, 0.1) is 46.1 Å². The molecule has 3 aliphatic heterocycles. The van der Waals surface area contributed by atoms with Crippen molar-refractivity contribution in [3.63, 3.8) is 0 Å². The molecule has 0 spiro atoms. The van der Waals surface area contributed by atoms with Crippen LogP contribution < -0.4 is 26.8 Å². The molecule has 2 unspecified atom stereocenters. The number of anilines is 4. The Morgan fingerprint density at radius 1 is 0.680 bits per heavy atom. The van der Waals surface area contributed by atoms with Gasteiger partial charge in [-0.25, -0.2) is 0 Å². The zero-order valence-corrected chi connectivity index (χ0v) is 27.0. The van der Waals surface area contributed by atoms with E-state index in [1.807, 2.05) is 36.4 Å². The average molecular weight is 692 g/mol. The van der Waals surface area contributed by atoms with Crippen molar-refractivity contribution in [2.45, 2.75) is 47.6 Å². The zero-order valence-electron chi connectivity index (χ0n) is 26.2. The highest BCUT2D eigenvalue weighted by Gasteiger charge is 2.25. The first-order valence-corrected chi connectivity index (χ1v) is 16.4. The monoisotopic (exact) mass is 691 g/mol. The molecule has 0 saturated carbocycles. The lowest BCUT2D eigenvalue weighted by Crippen LogP contribution is -2.16. The van der Waals surface area contributed by atoms with Gasteiger partial charge in [-0.2, -0.15) is 10.2 Å². The van der Waals surface area contributed by atoms with Crippen molar-refractivity contribution in [3.8, 4) is 0 Å². The number of nitrogens with zero attached hydrogens (tertiary/aromatic N) is 4. The minimum Gasteiger partial charge on any atom is -0.354 e. The summed E-state index contributed by atoms with van der Waals surface area (Å²) in [6.07, 6.45) is 1.23. The molecule has 15 nitrogen and oxygen atoms in total. The Morgan fingerprint density at radius 3 is 1.50 bits per heavy atom. The van der Waals surface area contributed by atoms with Gasteiger partial charge in [-0.1, -0.05) is 36.0 Å². The number of hydrogen-bond donors (Lipinski definition) is 5. The second-order valence-corrected chi connectivity index (χ2v) is 13.0. The van der Waals surface area contributed by atoms with Crippen LogP contribution in [0.5, 0.6) is 0 Å². The number of non-ortho nitro benzene ring substituents is 2. The maximum atomic E-state index is 12.9. The Balaban J connectivity index is 0.908. The lowest BCUT2D eigenvalue weighted by molar-refractivity contribution is -0.385. The maximum Gasteiger partial charge on any atom is 0.269 e. The number of carbonyl (C=O) groups excluding carboxylic acids is 2. The average Bonchev–Trinajstić information content (AvgIpc) is 3.77. The second kappa shape index (κ2) is 13.7. The molecule has 2 atom stereocenters. The first-order valence-electron chi connectivity index (χ1n) is 15.6. The third-order valence-corrected chi connectivity index (χ3v) is 9.51. The Hall–Kier alpha value is -6.29. The van der Waals surface area contributed by atoms with E-state index in [9.17, 15) is 29.8 Å². The van der Waals surface area contributed by atoms with Gasteiger partial charge in [0.25, 0.3) is 11.4 Å². The summed E-state index contributed by atoms with van der Waals surface area (Å²) in [6.45, 7) is 0. The largest absolute Gasteiger partial charge is 0.354 e. The number of fused-ring (bicyclic) bond motifs is 2. The predicted octanol–water partition coefficient (Wildman–Crippen LogP) is 6.55. The van der Waals surface area contributed by atoms with Crippen molar-refractivity contribution < 1.29 is 19.4 Å². The number of nitrogens with one attached hydrogen (secondary N) is 5. The third-order valence-electron chi connectivity index (χ3n) is 8.40. The highest BCUT2D eigenvalue weighted by Crippen LogP contribution is 2.46. The number of rotatable bonds is 10. The summed E-state index contributed by atoms with van der Waals surface area (Å²) in [4.78, 5) is 48.6. The van der Waals surface area contributed by atoms with Crippen molar-refractivity contribution in [2.75, 3.05) is 16.0 Å². The molecular weight excluding hydrogens is 662 g/mol. The second-order valence-electron chi connectivity index (χ2n) is 11.9. The van der Waals surface area contributed by atoms with Gasteiger partial charge in [-0.15, -0.1) is 0 Å². The Bertz CT molecular complexity index is 1940. The number of benzene rings is 4. The highest BCUT2D eigenvalue weighted by atomic mass is 32.2. The molecule has 4 aromatic carbocycles. The number of hydrazone groups is 2. The molecule has 4 aromatic rings. The van der Waals surface area contributed by atoms with Crippen LogP contribution in [0.2, 0.25) is 0 Å². The number of carbonyl (C=O) groups is 2. The predicted molar refractivity (Wildman–Crippen MR) is 189 cm³/mol. The molecule has 0 radical (unpaired) electrons. The molecule has 252 valence electrons. The fourth-order valence-corrected chi connectivity index (χ4v) is 6.94. The van der Waals surface area contributed by atoms with E-state index in [0.29, 0.717) is 35.6 Å². The van der Waals surface area contributed by atoms with Gasteiger partial charge >= 0.3 is 0 Å². The number of amides is 2. The Kier molecular flexibility index (Phi) is 8.83. The van der Waals surface area contributed by atoms with Crippen LogP contribution in [0.3, 0.4) is 0 Å². The van der Waals surface area contributed by atoms with Crippen LogP contribution in [0, 0.1) is 20.2 Å². The summed E-state index contributed by atoms with van der Waals surface area (Å²) < 4.78 is 0. The molecule has 7 rings (SSSR count). The normalized spacial score (nSPS) is 17.1. The van der Waals surface area contributed by atoms with Gasteiger partial charge in [0.2, 0.25) is 11.8 Å². The van der Waals surface area contributed by atoms with E-state index < -0.39 is 9.85 Å². The van der Waals surface area contributed by atoms with Crippen LogP contribution in [0.15, 0.2) is 105 Å². The number of hydrogen-bond acceptors (Lipinski definition) is 12. The first-order chi connectivity index (χ1) is 24.2. The maximum absolute atomic E-state index is 12.9. The Morgan fingerprint density at radius 2 is 1.10 bits per heavy atom. The molecule has 2 amide bonds. The summed E-state index contributed by atoms with van der Waals surface area (Å²) in [7, 11) is 0. The minimum absolute atomic E-state index is 0.0173. The molecule has 0 fully saturated rings. The third kappa shape index (κ3) is 7.24. The van der Waals surface area contributed by atoms with Crippen LogP contribution in [0.1, 0.15) is 48.9 Å². The van der Waals surface area contributed by atoms with E-state index in [1.54, 1.807) is 24.3 Å². The smallest absolute Gasteiger partial charge is 0.269 e. The molecule has 0 bridgehead atoms. The van der Waals surface area contributed by atoms with Gasteiger partial charge in [-0.3, -0.25) is 29.8 Å². The molecule has 16 heteroatoms. The number of nitro groups is 2. The lowest BCUT2D eigenvalue weighted by atomic mass is 10.0. The highest BCUT2D eigenvalue weighted by molar-refractivity contribution is 7.99. The SMILES string of the molecule is O=C(CC1=NNC(c2ccc([N+](=O)[O-])cc2)C1)Nc1ccc2c(c1)Sc1cc(NC(=O)CC3=NNC(c4ccc([N+](=O)[O-])cc4)C3)ccc1N2. The van der Waals surface area contributed by atoms with Crippen molar-refractivity contribution in [1.29, 1.82) is 0 Å². The number of nitro benzene ring substituents is 2. The molecule has 5 N–H and O–H groups in total. The quantitative estimate of drug-likeness (QED) is 0.0789. The molecule has 50 heavy (non-hydrogen) atoms. The first kappa shape index (κ1) is 32.3. The summed E-state index contributed by atoms with van der Waals surface area (Å²) in [5, 5.41) is 39.8. The van der Waals surface area contributed by atoms with E-state index in [0.717, 1.165) is 32.3 Å². The van der Waals surface area contributed by atoms with Crippen molar-refractivity contribution in [3.05, 3.63) is 116 Å². The summed E-state index contributed by atoms with van der Waals surface area (Å²) >= 11 is 1.52. The topological polar surface area (TPSA) is 205 Å². The van der Waals surface area contributed by atoms with Crippen LogP contribution in [-0.2, 0) is 9.59 Å². The molecule has 3 aliphatic rings. The standard InChI is InChI=1S/C34H29N9O6S/c44-33(17-23-13-29(40-38-23)19-1-7-25(8-2-19)42(46)47)35-21-5-11-27-31(15-21)50-32-16-22(6-12-28(32)37-27)36-34(45)18-24-14-30(41-39-24)20-3-9-26(10-4-20)43(48)49/h1-12,15-16,29-30,37,40-41H,13-14,17-18H2,(H,35,44)(H,36,45). The molecule has 0 saturated heterocycles. The van der Waals surface area contributed by atoms with Crippen LogP contribution >= 0.6 is 11.8 Å². The van der Waals surface area contributed by atoms with Crippen LogP contribution in [0.25, 0.3) is 0 Å². The zero-order chi connectivity index (χ0) is 34.8.